The van der Waals surface area contributed by atoms with Crippen LogP contribution in [-0.4, -0.2) is 49.3 Å². The highest BCUT2D eigenvalue weighted by molar-refractivity contribution is 7.99. The first-order valence-electron chi connectivity index (χ1n) is 7.69. The molecule has 0 aromatic rings. The Morgan fingerprint density at radius 3 is 2.33 bits per heavy atom. The van der Waals surface area contributed by atoms with Crippen molar-refractivity contribution in [2.24, 2.45) is 0 Å². The van der Waals surface area contributed by atoms with E-state index in [1.807, 2.05) is 7.11 Å². The molecule has 0 spiro atoms. The quantitative estimate of drug-likeness (QED) is 0.562. The Bertz CT molecular complexity index is 183. The second-order valence-electron chi connectivity index (χ2n) is 5.30. The van der Waals surface area contributed by atoms with E-state index in [1.54, 1.807) is 0 Å². The number of ether oxygens (including phenoxy) is 1. The third-order valence-corrected chi connectivity index (χ3v) is 4.76. The summed E-state index contributed by atoms with van der Waals surface area (Å²) in [5.41, 5.74) is 0. The van der Waals surface area contributed by atoms with Gasteiger partial charge in [0.15, 0.2) is 0 Å². The molecule has 2 nitrogen and oxygen atoms in total. The van der Waals surface area contributed by atoms with Crippen LogP contribution in [0.5, 0.6) is 0 Å². The lowest BCUT2D eigenvalue weighted by atomic mass is 10.0. The third-order valence-electron chi connectivity index (χ3n) is 3.82. The predicted molar refractivity (Wildman–Crippen MR) is 82.6 cm³/mol. The minimum Gasteiger partial charge on any atom is -0.381 e. The highest BCUT2D eigenvalue weighted by atomic mass is 32.2. The summed E-state index contributed by atoms with van der Waals surface area (Å²) in [5, 5.41) is 0. The van der Waals surface area contributed by atoms with Crippen LogP contribution in [0.1, 0.15) is 51.9 Å². The van der Waals surface area contributed by atoms with Gasteiger partial charge in [-0.15, -0.1) is 0 Å². The Labute approximate surface area is 118 Å². The molecule has 0 amide bonds. The fraction of sp³-hybridized carbons (Fsp3) is 1.00. The molecule has 1 heterocycles. The van der Waals surface area contributed by atoms with E-state index in [4.69, 9.17) is 4.74 Å². The third kappa shape index (κ3) is 7.65. The molecule has 1 aliphatic heterocycles. The van der Waals surface area contributed by atoms with Crippen LogP contribution in [0.2, 0.25) is 0 Å². The van der Waals surface area contributed by atoms with Crippen molar-refractivity contribution in [1.29, 1.82) is 0 Å². The number of hydrogen-bond donors (Lipinski definition) is 0. The number of methoxy groups -OCH3 is 1. The predicted octanol–water partition coefficient (Wildman–Crippen LogP) is 3.80. The van der Waals surface area contributed by atoms with Crippen molar-refractivity contribution >= 4 is 11.8 Å². The Morgan fingerprint density at radius 1 is 1.06 bits per heavy atom. The van der Waals surface area contributed by atoms with Crippen LogP contribution in [0.25, 0.3) is 0 Å². The SMILES string of the molecule is CCCCC[C@H](CCCCN1CCSCC1)OC. The monoisotopic (exact) mass is 273 g/mol. The largest absolute Gasteiger partial charge is 0.381 e. The summed E-state index contributed by atoms with van der Waals surface area (Å²) in [6.45, 7) is 6.16. The van der Waals surface area contributed by atoms with Crippen LogP contribution in [0.4, 0.5) is 0 Å². The topological polar surface area (TPSA) is 12.5 Å². The van der Waals surface area contributed by atoms with E-state index in [0.29, 0.717) is 6.10 Å². The van der Waals surface area contributed by atoms with Gasteiger partial charge in [0.25, 0.3) is 0 Å². The van der Waals surface area contributed by atoms with E-state index >= 15 is 0 Å². The Balaban J connectivity index is 1.96. The van der Waals surface area contributed by atoms with Crippen LogP contribution < -0.4 is 0 Å². The average Bonchev–Trinajstić information content (AvgIpc) is 2.43. The lowest BCUT2D eigenvalue weighted by molar-refractivity contribution is 0.0826. The smallest absolute Gasteiger partial charge is 0.0571 e. The first kappa shape index (κ1) is 16.3. The number of thioether (sulfide) groups is 1. The van der Waals surface area contributed by atoms with Gasteiger partial charge in [-0.05, 0) is 32.2 Å². The summed E-state index contributed by atoms with van der Waals surface area (Å²) in [4.78, 5) is 2.62. The van der Waals surface area contributed by atoms with E-state index in [9.17, 15) is 0 Å². The summed E-state index contributed by atoms with van der Waals surface area (Å²) < 4.78 is 5.57. The summed E-state index contributed by atoms with van der Waals surface area (Å²) in [6, 6.07) is 0. The maximum Gasteiger partial charge on any atom is 0.0571 e. The fourth-order valence-electron chi connectivity index (χ4n) is 2.53. The second kappa shape index (κ2) is 11.1. The first-order chi connectivity index (χ1) is 8.86. The molecule has 1 saturated heterocycles. The molecule has 0 unspecified atom stereocenters. The zero-order valence-electron chi connectivity index (χ0n) is 12.3. The van der Waals surface area contributed by atoms with E-state index in [2.05, 4.69) is 23.6 Å². The normalized spacial score (nSPS) is 19.0. The summed E-state index contributed by atoms with van der Waals surface area (Å²) in [6.07, 6.45) is 9.68. The van der Waals surface area contributed by atoms with Crippen LogP contribution in [0, 0.1) is 0 Å². The van der Waals surface area contributed by atoms with Gasteiger partial charge >= 0.3 is 0 Å². The molecule has 108 valence electrons. The first-order valence-corrected chi connectivity index (χ1v) is 8.85. The van der Waals surface area contributed by atoms with E-state index < -0.39 is 0 Å². The molecule has 3 heteroatoms. The maximum atomic E-state index is 5.57. The number of nitrogens with zero attached hydrogens (tertiary/aromatic N) is 1. The Kier molecular flexibility index (Phi) is 10.1. The van der Waals surface area contributed by atoms with Gasteiger partial charge in [-0.3, -0.25) is 0 Å². The highest BCUT2D eigenvalue weighted by Gasteiger charge is 2.10. The molecule has 0 radical (unpaired) electrons. The molecular weight excluding hydrogens is 242 g/mol. The van der Waals surface area contributed by atoms with Crippen molar-refractivity contribution in [1.82, 2.24) is 4.90 Å². The van der Waals surface area contributed by atoms with Crippen molar-refractivity contribution in [3.63, 3.8) is 0 Å². The van der Waals surface area contributed by atoms with Gasteiger partial charge in [0.05, 0.1) is 6.10 Å². The van der Waals surface area contributed by atoms with Crippen molar-refractivity contribution in [2.45, 2.75) is 58.0 Å². The van der Waals surface area contributed by atoms with E-state index in [1.165, 1.54) is 76.1 Å². The molecule has 1 rings (SSSR count). The number of hydrogen-bond acceptors (Lipinski definition) is 3. The molecule has 0 aromatic carbocycles. The zero-order valence-corrected chi connectivity index (χ0v) is 13.1. The summed E-state index contributed by atoms with van der Waals surface area (Å²) in [7, 11) is 1.87. The molecule has 18 heavy (non-hydrogen) atoms. The molecule has 1 aliphatic rings. The molecular formula is C15H31NOS. The molecule has 0 N–H and O–H groups in total. The van der Waals surface area contributed by atoms with Crippen LogP contribution in [0.15, 0.2) is 0 Å². The lowest BCUT2D eigenvalue weighted by Gasteiger charge is -2.26. The number of unbranched alkanes of at least 4 members (excludes halogenated alkanes) is 3. The van der Waals surface area contributed by atoms with Crippen LogP contribution in [-0.2, 0) is 4.74 Å². The minimum absolute atomic E-state index is 0.508. The van der Waals surface area contributed by atoms with E-state index in [0.717, 1.165) is 0 Å². The zero-order chi connectivity index (χ0) is 13.1. The maximum absolute atomic E-state index is 5.57. The molecule has 1 fully saturated rings. The highest BCUT2D eigenvalue weighted by Crippen LogP contribution is 2.14. The number of rotatable bonds is 10. The van der Waals surface area contributed by atoms with Gasteiger partial charge < -0.3 is 9.64 Å². The van der Waals surface area contributed by atoms with Crippen molar-refractivity contribution in [2.75, 3.05) is 38.2 Å². The molecule has 0 bridgehead atoms. The van der Waals surface area contributed by atoms with Crippen LogP contribution >= 0.6 is 11.8 Å². The fourth-order valence-corrected chi connectivity index (χ4v) is 3.51. The van der Waals surface area contributed by atoms with Gasteiger partial charge in [0.2, 0.25) is 0 Å². The second-order valence-corrected chi connectivity index (χ2v) is 6.53. The molecule has 0 aromatic heterocycles. The Morgan fingerprint density at radius 2 is 1.72 bits per heavy atom. The lowest BCUT2D eigenvalue weighted by Crippen LogP contribution is -2.33. The van der Waals surface area contributed by atoms with Gasteiger partial charge in [0, 0.05) is 31.7 Å². The summed E-state index contributed by atoms with van der Waals surface area (Å²) >= 11 is 2.10. The van der Waals surface area contributed by atoms with Crippen molar-refractivity contribution in [3.8, 4) is 0 Å². The van der Waals surface area contributed by atoms with Crippen molar-refractivity contribution < 1.29 is 4.74 Å². The molecule has 0 saturated carbocycles. The van der Waals surface area contributed by atoms with Gasteiger partial charge in [-0.1, -0.05) is 26.2 Å². The van der Waals surface area contributed by atoms with Gasteiger partial charge in [0.1, 0.15) is 0 Å². The minimum atomic E-state index is 0.508. The summed E-state index contributed by atoms with van der Waals surface area (Å²) in [5.74, 6) is 2.66. The molecule has 0 aliphatic carbocycles. The van der Waals surface area contributed by atoms with Crippen molar-refractivity contribution in [3.05, 3.63) is 0 Å². The van der Waals surface area contributed by atoms with Crippen LogP contribution in [0.3, 0.4) is 0 Å². The Hall–Kier alpha value is 0.270. The average molecular weight is 273 g/mol. The van der Waals surface area contributed by atoms with E-state index in [-0.39, 0.29) is 0 Å². The van der Waals surface area contributed by atoms with Gasteiger partial charge in [-0.25, -0.2) is 0 Å². The molecule has 1 atom stereocenters. The standard InChI is InChI=1S/C15H31NOS/c1-3-4-5-8-15(17-2)9-6-7-10-16-11-13-18-14-12-16/h15H,3-14H2,1-2H3/t15-/m1/s1. The van der Waals surface area contributed by atoms with Gasteiger partial charge in [-0.2, -0.15) is 11.8 Å².